The van der Waals surface area contributed by atoms with E-state index in [1.165, 1.54) is 11.3 Å². The second kappa shape index (κ2) is 8.66. The first kappa shape index (κ1) is 20.1. The highest BCUT2D eigenvalue weighted by Crippen LogP contribution is 2.31. The molecular weight excluding hydrogens is 382 g/mol. The molecule has 0 radical (unpaired) electrons. The molecule has 0 bridgehead atoms. The van der Waals surface area contributed by atoms with Crippen LogP contribution in [0.15, 0.2) is 30.3 Å². The van der Waals surface area contributed by atoms with Crippen molar-refractivity contribution >= 4 is 23.2 Å². The summed E-state index contributed by atoms with van der Waals surface area (Å²) in [5.41, 5.74) is 1.85. The number of hydrogen-bond acceptors (Lipinski definition) is 4. The van der Waals surface area contributed by atoms with Crippen LogP contribution < -0.4 is 0 Å². The van der Waals surface area contributed by atoms with Gasteiger partial charge in [-0.05, 0) is 38.5 Å². The highest BCUT2D eigenvalue weighted by Gasteiger charge is 2.33. The van der Waals surface area contributed by atoms with Gasteiger partial charge in [0.2, 0.25) is 5.91 Å². The summed E-state index contributed by atoms with van der Waals surface area (Å²) in [7, 11) is 0. The lowest BCUT2D eigenvalue weighted by molar-refractivity contribution is -0.136. The fourth-order valence-electron chi connectivity index (χ4n) is 4.47. The lowest BCUT2D eigenvalue weighted by atomic mass is 9.84. The molecule has 0 unspecified atom stereocenters. The van der Waals surface area contributed by atoms with Crippen LogP contribution in [0.5, 0.6) is 0 Å². The minimum Gasteiger partial charge on any atom is -0.342 e. The van der Waals surface area contributed by atoms with E-state index < -0.39 is 0 Å². The number of hydrogen-bond donors (Lipinski definition) is 0. The SMILES string of the molecule is Cc1nc(-c2ccccc2)sc1C(=O)N1CCC([C@@H](C)C(=O)N2CCCC2)CC1. The normalized spacial score (nSPS) is 18.8. The van der Waals surface area contributed by atoms with Gasteiger partial charge < -0.3 is 9.80 Å². The van der Waals surface area contributed by atoms with Crippen LogP contribution in [0.25, 0.3) is 10.6 Å². The number of aryl methyl sites for hydroxylation is 1. The lowest BCUT2D eigenvalue weighted by Gasteiger charge is -2.35. The zero-order valence-electron chi connectivity index (χ0n) is 17.3. The van der Waals surface area contributed by atoms with E-state index >= 15 is 0 Å². The number of aromatic nitrogens is 1. The Hall–Kier alpha value is -2.21. The van der Waals surface area contributed by atoms with Gasteiger partial charge in [0.25, 0.3) is 5.91 Å². The van der Waals surface area contributed by atoms with Crippen molar-refractivity contribution in [3.8, 4) is 10.6 Å². The average molecular weight is 412 g/mol. The summed E-state index contributed by atoms with van der Waals surface area (Å²) in [6, 6.07) is 10.0. The quantitative estimate of drug-likeness (QED) is 0.757. The molecule has 0 N–H and O–H groups in total. The van der Waals surface area contributed by atoms with Gasteiger partial charge in [-0.1, -0.05) is 37.3 Å². The van der Waals surface area contributed by atoms with Crippen molar-refractivity contribution in [2.24, 2.45) is 11.8 Å². The molecule has 2 aliphatic heterocycles. The number of likely N-dealkylation sites (tertiary alicyclic amines) is 2. The molecule has 5 nitrogen and oxygen atoms in total. The Morgan fingerprint density at radius 1 is 1.03 bits per heavy atom. The van der Waals surface area contributed by atoms with Crippen molar-refractivity contribution < 1.29 is 9.59 Å². The summed E-state index contributed by atoms with van der Waals surface area (Å²) in [6.07, 6.45) is 4.06. The topological polar surface area (TPSA) is 53.5 Å². The maximum absolute atomic E-state index is 13.1. The molecule has 0 aliphatic carbocycles. The highest BCUT2D eigenvalue weighted by molar-refractivity contribution is 7.17. The molecule has 2 aromatic rings. The molecule has 0 saturated carbocycles. The fraction of sp³-hybridized carbons (Fsp3) is 0.522. The Kier molecular flexibility index (Phi) is 5.99. The van der Waals surface area contributed by atoms with Gasteiger partial charge in [-0.15, -0.1) is 11.3 Å². The van der Waals surface area contributed by atoms with Crippen molar-refractivity contribution in [2.75, 3.05) is 26.2 Å². The van der Waals surface area contributed by atoms with Crippen LogP contribution in [-0.4, -0.2) is 52.8 Å². The van der Waals surface area contributed by atoms with E-state index in [9.17, 15) is 9.59 Å². The fourth-order valence-corrected chi connectivity index (χ4v) is 5.51. The van der Waals surface area contributed by atoms with Crippen LogP contribution in [0, 0.1) is 18.8 Å². The van der Waals surface area contributed by atoms with E-state index in [1.54, 1.807) is 0 Å². The van der Waals surface area contributed by atoms with Crippen molar-refractivity contribution in [1.82, 2.24) is 14.8 Å². The number of rotatable bonds is 4. The Morgan fingerprint density at radius 3 is 2.34 bits per heavy atom. The van der Waals surface area contributed by atoms with E-state index in [-0.39, 0.29) is 11.8 Å². The van der Waals surface area contributed by atoms with Crippen LogP contribution in [0.3, 0.4) is 0 Å². The summed E-state index contributed by atoms with van der Waals surface area (Å²) in [6.45, 7) is 7.25. The Balaban J connectivity index is 1.38. The maximum Gasteiger partial charge on any atom is 0.265 e. The summed E-state index contributed by atoms with van der Waals surface area (Å²) in [4.78, 5) is 35.1. The molecule has 0 spiro atoms. The van der Waals surface area contributed by atoms with Crippen LogP contribution in [0.1, 0.15) is 48.0 Å². The van der Waals surface area contributed by atoms with Gasteiger partial charge in [0.05, 0.1) is 5.69 Å². The summed E-state index contributed by atoms with van der Waals surface area (Å²) in [5, 5.41) is 0.895. The van der Waals surface area contributed by atoms with Gasteiger partial charge in [-0.25, -0.2) is 4.98 Å². The molecular formula is C23H29N3O2S. The average Bonchev–Trinajstić information content (AvgIpc) is 3.43. The first-order valence-corrected chi connectivity index (χ1v) is 11.5. The monoisotopic (exact) mass is 411 g/mol. The summed E-state index contributed by atoms with van der Waals surface area (Å²) >= 11 is 1.48. The third-order valence-corrected chi connectivity index (χ3v) is 7.55. The Bertz CT molecular complexity index is 866. The van der Waals surface area contributed by atoms with E-state index in [0.717, 1.165) is 73.0 Å². The van der Waals surface area contributed by atoms with Gasteiger partial charge >= 0.3 is 0 Å². The molecule has 1 aromatic carbocycles. The molecule has 3 heterocycles. The summed E-state index contributed by atoms with van der Waals surface area (Å²) < 4.78 is 0. The molecule has 2 amide bonds. The van der Waals surface area contributed by atoms with E-state index in [4.69, 9.17) is 0 Å². The third-order valence-electron chi connectivity index (χ3n) is 6.35. The number of thiazole rings is 1. The zero-order valence-corrected chi connectivity index (χ0v) is 18.1. The van der Waals surface area contributed by atoms with Crippen LogP contribution in [0.2, 0.25) is 0 Å². The van der Waals surface area contributed by atoms with Gasteiger partial charge in [0.1, 0.15) is 9.88 Å². The number of carbonyl (C=O) groups is 2. The van der Waals surface area contributed by atoms with E-state index in [2.05, 4.69) is 11.9 Å². The molecule has 2 aliphatic rings. The molecule has 4 rings (SSSR count). The lowest BCUT2D eigenvalue weighted by Crippen LogP contribution is -2.43. The minimum atomic E-state index is 0.0557. The predicted octanol–water partition coefficient (Wildman–Crippen LogP) is 4.23. The predicted molar refractivity (Wildman–Crippen MR) is 116 cm³/mol. The van der Waals surface area contributed by atoms with Crippen molar-refractivity contribution in [1.29, 1.82) is 0 Å². The van der Waals surface area contributed by atoms with Gasteiger partial charge in [0.15, 0.2) is 0 Å². The van der Waals surface area contributed by atoms with E-state index in [0.29, 0.717) is 11.8 Å². The standard InChI is InChI=1S/C23H29N3O2S/c1-16(22(27)25-12-6-7-13-25)18-10-14-26(15-11-18)23(28)20-17(2)24-21(29-20)19-8-4-3-5-9-19/h3-5,8-9,16,18H,6-7,10-15H2,1-2H3/t16-/m1/s1. The molecule has 29 heavy (non-hydrogen) atoms. The zero-order chi connectivity index (χ0) is 20.4. The summed E-state index contributed by atoms with van der Waals surface area (Å²) in [5.74, 6) is 0.812. The largest absolute Gasteiger partial charge is 0.342 e. The molecule has 1 aromatic heterocycles. The maximum atomic E-state index is 13.1. The second-order valence-electron chi connectivity index (χ2n) is 8.25. The van der Waals surface area contributed by atoms with Gasteiger partial charge in [-0.3, -0.25) is 9.59 Å². The molecule has 2 saturated heterocycles. The van der Waals surface area contributed by atoms with Gasteiger partial charge in [0, 0.05) is 37.7 Å². The number of benzene rings is 1. The third kappa shape index (κ3) is 4.22. The van der Waals surface area contributed by atoms with Crippen LogP contribution >= 0.6 is 11.3 Å². The smallest absolute Gasteiger partial charge is 0.265 e. The first-order chi connectivity index (χ1) is 14.0. The van der Waals surface area contributed by atoms with E-state index in [1.807, 2.05) is 47.1 Å². The molecule has 154 valence electrons. The van der Waals surface area contributed by atoms with Crippen molar-refractivity contribution in [3.05, 3.63) is 40.9 Å². The van der Waals surface area contributed by atoms with Crippen molar-refractivity contribution in [3.63, 3.8) is 0 Å². The van der Waals surface area contributed by atoms with Crippen LogP contribution in [-0.2, 0) is 4.79 Å². The highest BCUT2D eigenvalue weighted by atomic mass is 32.1. The van der Waals surface area contributed by atoms with Crippen molar-refractivity contribution in [2.45, 2.75) is 39.5 Å². The molecule has 6 heteroatoms. The van der Waals surface area contributed by atoms with Crippen LogP contribution in [0.4, 0.5) is 0 Å². The molecule has 1 atom stereocenters. The molecule has 2 fully saturated rings. The second-order valence-corrected chi connectivity index (χ2v) is 9.25. The first-order valence-electron chi connectivity index (χ1n) is 10.7. The Labute approximate surface area is 176 Å². The number of amides is 2. The minimum absolute atomic E-state index is 0.0557. The Morgan fingerprint density at radius 2 is 1.69 bits per heavy atom. The number of carbonyl (C=O) groups excluding carboxylic acids is 2. The number of piperidine rings is 1. The number of nitrogens with zero attached hydrogens (tertiary/aromatic N) is 3. The van der Waals surface area contributed by atoms with Gasteiger partial charge in [-0.2, -0.15) is 0 Å².